The zero-order valence-electron chi connectivity index (χ0n) is 15.6. The third kappa shape index (κ3) is 3.02. The van der Waals surface area contributed by atoms with Gasteiger partial charge in [-0.3, -0.25) is 9.36 Å². The minimum atomic E-state index is -0.122. The van der Waals surface area contributed by atoms with Crippen molar-refractivity contribution in [3.63, 3.8) is 0 Å². The Kier molecular flexibility index (Phi) is 4.26. The van der Waals surface area contributed by atoms with Crippen molar-refractivity contribution in [2.45, 2.75) is 6.54 Å². The van der Waals surface area contributed by atoms with Crippen LogP contribution in [0.4, 0.5) is 0 Å². The van der Waals surface area contributed by atoms with Crippen molar-refractivity contribution in [1.82, 2.24) is 19.1 Å². The number of hydrogen-bond donors (Lipinski definition) is 0. The van der Waals surface area contributed by atoms with Gasteiger partial charge in [-0.2, -0.15) is 0 Å². The maximum absolute atomic E-state index is 13.5. The van der Waals surface area contributed by atoms with E-state index in [2.05, 4.69) is 9.97 Å². The molecule has 5 rings (SSSR count). The van der Waals surface area contributed by atoms with Gasteiger partial charge in [-0.05, 0) is 29.8 Å². The summed E-state index contributed by atoms with van der Waals surface area (Å²) in [5.41, 5.74) is 3.65. The van der Waals surface area contributed by atoms with Crippen molar-refractivity contribution < 1.29 is 0 Å². The smallest absolute Gasteiger partial charge is 0.282 e. The highest BCUT2D eigenvalue weighted by molar-refractivity contribution is 6.01. The Hall–Kier alpha value is -3.99. The summed E-state index contributed by atoms with van der Waals surface area (Å²) < 4.78 is 3.56. The van der Waals surface area contributed by atoms with E-state index in [1.807, 2.05) is 89.5 Å². The molecule has 0 aliphatic rings. The number of aromatic nitrogens is 4. The number of para-hydroxylation sites is 1. The van der Waals surface area contributed by atoms with Crippen LogP contribution in [0.15, 0.2) is 96.2 Å². The van der Waals surface area contributed by atoms with E-state index >= 15 is 0 Å². The Labute approximate surface area is 167 Å². The van der Waals surface area contributed by atoms with Gasteiger partial charge in [0.25, 0.3) is 5.56 Å². The van der Waals surface area contributed by atoms with Crippen LogP contribution in [0.1, 0.15) is 5.56 Å². The van der Waals surface area contributed by atoms with Crippen molar-refractivity contribution in [3.8, 4) is 5.69 Å². The van der Waals surface area contributed by atoms with Gasteiger partial charge in [-0.15, -0.1) is 0 Å². The predicted molar refractivity (Wildman–Crippen MR) is 116 cm³/mol. The monoisotopic (exact) mass is 378 g/mol. The van der Waals surface area contributed by atoms with Crippen LogP contribution in [0, 0.1) is 0 Å². The molecule has 5 aromatic rings. The van der Waals surface area contributed by atoms with Gasteiger partial charge in [-0.1, -0.05) is 60.7 Å². The number of fused-ring (bicyclic) bond motifs is 3. The molecule has 29 heavy (non-hydrogen) atoms. The summed E-state index contributed by atoms with van der Waals surface area (Å²) in [6.45, 7) is 0.557. The summed E-state index contributed by atoms with van der Waals surface area (Å²) in [6, 6.07) is 23.5. The topological polar surface area (TPSA) is 52.7 Å². The number of allylic oxidation sites excluding steroid dienone is 1. The van der Waals surface area contributed by atoms with Crippen molar-refractivity contribution in [2.75, 3.05) is 0 Å². The fraction of sp³-hybridized carbons (Fsp3) is 0.0417. The molecule has 0 saturated heterocycles. The SMILES string of the molecule is O=c1c2c(ncn2C/C=C\c2ccccc2)c2cccnc2n1-c1ccccc1. The van der Waals surface area contributed by atoms with E-state index in [1.165, 1.54) is 0 Å². The highest BCUT2D eigenvalue weighted by Gasteiger charge is 2.17. The van der Waals surface area contributed by atoms with Crippen LogP contribution < -0.4 is 5.56 Å². The first kappa shape index (κ1) is 17.1. The summed E-state index contributed by atoms with van der Waals surface area (Å²) in [7, 11) is 0. The second-order valence-electron chi connectivity index (χ2n) is 6.76. The number of pyridine rings is 2. The first-order valence-corrected chi connectivity index (χ1v) is 9.44. The Bertz CT molecular complexity index is 1380. The number of hydrogen-bond acceptors (Lipinski definition) is 3. The second-order valence-corrected chi connectivity index (χ2v) is 6.76. The lowest BCUT2D eigenvalue weighted by Crippen LogP contribution is -2.21. The van der Waals surface area contributed by atoms with Crippen LogP contribution in [0.25, 0.3) is 33.8 Å². The molecule has 140 valence electrons. The summed E-state index contributed by atoms with van der Waals surface area (Å²) in [5.74, 6) is 0. The normalized spacial score (nSPS) is 11.6. The standard InChI is InChI=1S/C24H18N4O/c29-24-22-21(26-17-27(22)16-8-11-18-9-3-1-4-10-18)20-14-7-15-25-23(20)28(24)19-12-5-2-6-13-19/h1-15,17H,16H2/b11-8-. The summed E-state index contributed by atoms with van der Waals surface area (Å²) >= 11 is 0. The first-order chi connectivity index (χ1) is 14.3. The van der Waals surface area contributed by atoms with Crippen molar-refractivity contribution in [2.24, 2.45) is 0 Å². The molecule has 0 spiro atoms. The average Bonchev–Trinajstić information content (AvgIpc) is 3.20. The Morgan fingerprint density at radius 3 is 2.41 bits per heavy atom. The molecule has 0 amide bonds. The van der Waals surface area contributed by atoms with Crippen LogP contribution in [0.3, 0.4) is 0 Å². The molecular weight excluding hydrogens is 360 g/mol. The fourth-order valence-corrected chi connectivity index (χ4v) is 3.59. The minimum Gasteiger partial charge on any atom is -0.322 e. The highest BCUT2D eigenvalue weighted by Crippen LogP contribution is 2.22. The molecule has 0 fully saturated rings. The molecule has 0 aliphatic heterocycles. The van der Waals surface area contributed by atoms with Gasteiger partial charge in [0, 0.05) is 18.1 Å². The Balaban J connectivity index is 1.69. The van der Waals surface area contributed by atoms with Gasteiger partial charge < -0.3 is 4.57 Å². The number of benzene rings is 2. The molecule has 5 nitrogen and oxygen atoms in total. The molecule has 2 aromatic carbocycles. The maximum atomic E-state index is 13.5. The third-order valence-electron chi connectivity index (χ3n) is 4.92. The molecule has 0 atom stereocenters. The predicted octanol–water partition coefficient (Wildman–Crippen LogP) is 4.45. The lowest BCUT2D eigenvalue weighted by Gasteiger charge is -2.11. The van der Waals surface area contributed by atoms with Crippen LogP contribution in [-0.2, 0) is 6.54 Å². The van der Waals surface area contributed by atoms with Crippen molar-refractivity contribution >= 4 is 28.1 Å². The zero-order valence-corrected chi connectivity index (χ0v) is 15.6. The molecule has 0 saturated carbocycles. The summed E-state index contributed by atoms with van der Waals surface area (Å²) in [6.07, 6.45) is 7.51. The maximum Gasteiger partial charge on any atom is 0.282 e. The molecule has 0 N–H and O–H groups in total. The number of nitrogens with zero attached hydrogens (tertiary/aromatic N) is 4. The number of rotatable bonds is 4. The molecule has 0 unspecified atom stereocenters. The number of imidazole rings is 1. The van der Waals surface area contributed by atoms with Crippen LogP contribution in [0.5, 0.6) is 0 Å². The van der Waals surface area contributed by atoms with E-state index in [9.17, 15) is 4.79 Å². The van der Waals surface area contributed by atoms with Crippen molar-refractivity contribution in [3.05, 3.63) is 107 Å². The Morgan fingerprint density at radius 2 is 1.62 bits per heavy atom. The van der Waals surface area contributed by atoms with E-state index in [4.69, 9.17) is 0 Å². The minimum absolute atomic E-state index is 0.122. The van der Waals surface area contributed by atoms with Gasteiger partial charge in [0.2, 0.25) is 0 Å². The van der Waals surface area contributed by atoms with Gasteiger partial charge in [0.15, 0.2) is 0 Å². The molecule has 5 heteroatoms. The summed E-state index contributed by atoms with van der Waals surface area (Å²) in [5, 5.41) is 0.858. The lowest BCUT2D eigenvalue weighted by molar-refractivity contribution is 0.842. The molecule has 3 heterocycles. The molecule has 0 aliphatic carbocycles. The van der Waals surface area contributed by atoms with Crippen LogP contribution in [0.2, 0.25) is 0 Å². The van der Waals surface area contributed by atoms with Crippen molar-refractivity contribution in [1.29, 1.82) is 0 Å². The molecule has 0 radical (unpaired) electrons. The summed E-state index contributed by atoms with van der Waals surface area (Å²) in [4.78, 5) is 22.5. The van der Waals surface area contributed by atoms with E-state index in [0.29, 0.717) is 23.2 Å². The molecule has 0 bridgehead atoms. The second kappa shape index (κ2) is 7.20. The van der Waals surface area contributed by atoms with E-state index in [-0.39, 0.29) is 5.56 Å². The van der Waals surface area contributed by atoms with E-state index < -0.39 is 0 Å². The van der Waals surface area contributed by atoms with Gasteiger partial charge >= 0.3 is 0 Å². The van der Waals surface area contributed by atoms with Gasteiger partial charge in [0.1, 0.15) is 16.7 Å². The van der Waals surface area contributed by atoms with E-state index in [0.717, 1.165) is 16.6 Å². The lowest BCUT2D eigenvalue weighted by atomic mass is 10.2. The first-order valence-electron chi connectivity index (χ1n) is 9.44. The largest absolute Gasteiger partial charge is 0.322 e. The van der Waals surface area contributed by atoms with E-state index in [1.54, 1.807) is 17.1 Å². The quantitative estimate of drug-likeness (QED) is 0.464. The average molecular weight is 378 g/mol. The molecule has 3 aromatic heterocycles. The zero-order chi connectivity index (χ0) is 19.6. The fourth-order valence-electron chi connectivity index (χ4n) is 3.59. The Morgan fingerprint density at radius 1 is 0.862 bits per heavy atom. The highest BCUT2D eigenvalue weighted by atomic mass is 16.1. The van der Waals surface area contributed by atoms with Crippen LogP contribution >= 0.6 is 0 Å². The van der Waals surface area contributed by atoms with Gasteiger partial charge in [-0.25, -0.2) is 9.97 Å². The molecular formula is C24H18N4O. The van der Waals surface area contributed by atoms with Crippen LogP contribution in [-0.4, -0.2) is 19.1 Å². The third-order valence-corrected chi connectivity index (χ3v) is 4.92. The van der Waals surface area contributed by atoms with Gasteiger partial charge in [0.05, 0.1) is 12.0 Å².